The summed E-state index contributed by atoms with van der Waals surface area (Å²) in [6.45, 7) is 1.85. The van der Waals surface area contributed by atoms with E-state index in [1.807, 2.05) is 0 Å². The molecule has 0 radical (unpaired) electrons. The molecule has 0 atom stereocenters. The third-order valence-corrected chi connectivity index (χ3v) is 5.38. The monoisotopic (exact) mass is 383 g/mol. The molecule has 1 heterocycles. The Balaban J connectivity index is 2.01. The second-order valence-electron chi connectivity index (χ2n) is 5.12. The van der Waals surface area contributed by atoms with Crippen LogP contribution in [0, 0.1) is 0 Å². The van der Waals surface area contributed by atoms with Gasteiger partial charge in [0.1, 0.15) is 5.01 Å². The van der Waals surface area contributed by atoms with Crippen LogP contribution in [0.5, 0.6) is 0 Å². The molecule has 2 rings (SSSR count). The SMILES string of the molecule is CCCS(=O)(=O)Nc1cccc(C(=O)NCc2nc(C(=O)O)cs2)c1. The fraction of sp³-hybridized carbons (Fsp3) is 0.267. The number of carboxylic acid groups (broad SMARTS) is 1. The fourth-order valence-electron chi connectivity index (χ4n) is 1.97. The molecule has 0 fully saturated rings. The molecule has 0 aliphatic heterocycles. The lowest BCUT2D eigenvalue weighted by molar-refractivity contribution is 0.0691. The maximum Gasteiger partial charge on any atom is 0.355 e. The number of thiazole rings is 1. The van der Waals surface area contributed by atoms with Crippen molar-refractivity contribution >= 4 is 38.9 Å². The maximum atomic E-state index is 12.2. The Morgan fingerprint density at radius 1 is 1.32 bits per heavy atom. The third-order valence-electron chi connectivity index (χ3n) is 3.04. The Morgan fingerprint density at radius 2 is 2.08 bits per heavy atom. The number of rotatable bonds is 8. The zero-order valence-corrected chi connectivity index (χ0v) is 15.0. The van der Waals surface area contributed by atoms with Crippen molar-refractivity contribution in [1.82, 2.24) is 10.3 Å². The lowest BCUT2D eigenvalue weighted by Crippen LogP contribution is -2.23. The number of nitrogens with one attached hydrogen (secondary N) is 2. The van der Waals surface area contributed by atoms with Gasteiger partial charge in [0.2, 0.25) is 10.0 Å². The summed E-state index contributed by atoms with van der Waals surface area (Å²) < 4.78 is 26.0. The molecule has 25 heavy (non-hydrogen) atoms. The van der Waals surface area contributed by atoms with Gasteiger partial charge in [0.15, 0.2) is 5.69 Å². The van der Waals surface area contributed by atoms with Gasteiger partial charge in [0.05, 0.1) is 12.3 Å². The first-order valence-corrected chi connectivity index (χ1v) is 9.90. The highest BCUT2D eigenvalue weighted by molar-refractivity contribution is 7.92. The Morgan fingerprint density at radius 3 is 2.72 bits per heavy atom. The standard InChI is InChI=1S/C15H17N3O5S2/c1-2-6-25(22,23)18-11-5-3-4-10(7-11)14(19)16-8-13-17-12(9-24-13)15(20)21/h3-5,7,9,18H,2,6,8H2,1H3,(H,16,19)(H,20,21). The number of carboxylic acids is 1. The van der Waals surface area contributed by atoms with E-state index in [9.17, 15) is 18.0 Å². The van der Waals surface area contributed by atoms with Crippen molar-refractivity contribution in [2.75, 3.05) is 10.5 Å². The van der Waals surface area contributed by atoms with Gasteiger partial charge >= 0.3 is 5.97 Å². The van der Waals surface area contributed by atoms with Crippen LogP contribution in [-0.4, -0.2) is 36.1 Å². The lowest BCUT2D eigenvalue weighted by atomic mass is 10.2. The number of hydrogen-bond acceptors (Lipinski definition) is 6. The van der Waals surface area contributed by atoms with Crippen molar-refractivity contribution < 1.29 is 23.1 Å². The number of anilines is 1. The van der Waals surface area contributed by atoms with Gasteiger partial charge in [-0.3, -0.25) is 9.52 Å². The van der Waals surface area contributed by atoms with Gasteiger partial charge in [-0.2, -0.15) is 0 Å². The number of carbonyl (C=O) groups excluding carboxylic acids is 1. The molecule has 0 saturated carbocycles. The molecule has 2 aromatic rings. The minimum Gasteiger partial charge on any atom is -0.476 e. The molecule has 8 nitrogen and oxygen atoms in total. The normalized spacial score (nSPS) is 11.1. The van der Waals surface area contributed by atoms with Gasteiger partial charge in [-0.15, -0.1) is 11.3 Å². The van der Waals surface area contributed by atoms with Crippen LogP contribution in [0.4, 0.5) is 5.69 Å². The Bertz CT molecular complexity index is 877. The number of nitrogens with zero attached hydrogens (tertiary/aromatic N) is 1. The molecule has 0 aliphatic rings. The molecular formula is C15H17N3O5S2. The number of hydrogen-bond donors (Lipinski definition) is 3. The number of aromatic carboxylic acids is 1. The summed E-state index contributed by atoms with van der Waals surface area (Å²) in [5.41, 5.74) is 0.525. The highest BCUT2D eigenvalue weighted by atomic mass is 32.2. The molecule has 134 valence electrons. The molecule has 10 heteroatoms. The molecule has 0 saturated heterocycles. The van der Waals surface area contributed by atoms with Crippen LogP contribution >= 0.6 is 11.3 Å². The largest absolute Gasteiger partial charge is 0.476 e. The molecule has 0 unspecified atom stereocenters. The number of aromatic nitrogens is 1. The van der Waals surface area contributed by atoms with Crippen molar-refractivity contribution in [3.8, 4) is 0 Å². The Kier molecular flexibility index (Phi) is 6.10. The number of amides is 1. The van der Waals surface area contributed by atoms with Crippen molar-refractivity contribution in [2.45, 2.75) is 19.9 Å². The van der Waals surface area contributed by atoms with Crippen LogP contribution in [0.1, 0.15) is 39.2 Å². The highest BCUT2D eigenvalue weighted by Crippen LogP contribution is 2.14. The zero-order chi connectivity index (χ0) is 18.4. The maximum absolute atomic E-state index is 12.2. The van der Waals surface area contributed by atoms with E-state index in [1.54, 1.807) is 25.1 Å². The van der Waals surface area contributed by atoms with E-state index in [4.69, 9.17) is 5.11 Å². The van der Waals surface area contributed by atoms with Gasteiger partial charge in [-0.25, -0.2) is 18.2 Å². The summed E-state index contributed by atoms with van der Waals surface area (Å²) in [4.78, 5) is 26.8. The second kappa shape index (κ2) is 8.08. The first kappa shape index (κ1) is 18.9. The summed E-state index contributed by atoms with van der Waals surface area (Å²) >= 11 is 1.13. The van der Waals surface area contributed by atoms with Crippen LogP contribution < -0.4 is 10.0 Å². The molecule has 0 aliphatic carbocycles. The summed E-state index contributed by atoms with van der Waals surface area (Å²) in [5.74, 6) is -1.54. The van der Waals surface area contributed by atoms with Gasteiger partial charge in [0.25, 0.3) is 5.91 Å². The molecule has 1 aromatic heterocycles. The van der Waals surface area contributed by atoms with Crippen LogP contribution in [0.2, 0.25) is 0 Å². The minimum atomic E-state index is -3.43. The molecular weight excluding hydrogens is 366 g/mol. The van der Waals surface area contributed by atoms with E-state index in [2.05, 4.69) is 15.0 Å². The third kappa shape index (κ3) is 5.54. The predicted octanol–water partition coefficient (Wildman–Crippen LogP) is 1.92. The quantitative estimate of drug-likeness (QED) is 0.639. The number of benzene rings is 1. The smallest absolute Gasteiger partial charge is 0.355 e. The molecule has 1 amide bonds. The van der Waals surface area contributed by atoms with E-state index >= 15 is 0 Å². The summed E-state index contributed by atoms with van der Waals surface area (Å²) in [6, 6.07) is 6.12. The summed E-state index contributed by atoms with van der Waals surface area (Å²) in [6.07, 6.45) is 0.488. The van der Waals surface area contributed by atoms with Crippen LogP contribution in [0.15, 0.2) is 29.6 Å². The molecule has 0 spiro atoms. The second-order valence-corrected chi connectivity index (χ2v) is 7.90. The van der Waals surface area contributed by atoms with Crippen molar-refractivity contribution in [1.29, 1.82) is 0 Å². The van der Waals surface area contributed by atoms with E-state index in [0.717, 1.165) is 11.3 Å². The van der Waals surface area contributed by atoms with Crippen LogP contribution in [0.3, 0.4) is 0 Å². The average Bonchev–Trinajstić information content (AvgIpc) is 3.01. The van der Waals surface area contributed by atoms with Crippen LogP contribution in [0.25, 0.3) is 0 Å². The average molecular weight is 383 g/mol. The lowest BCUT2D eigenvalue weighted by Gasteiger charge is -2.09. The predicted molar refractivity (Wildman–Crippen MR) is 94.4 cm³/mol. The van der Waals surface area contributed by atoms with E-state index in [-0.39, 0.29) is 23.6 Å². The highest BCUT2D eigenvalue weighted by Gasteiger charge is 2.13. The topological polar surface area (TPSA) is 125 Å². The fourth-order valence-corrected chi connectivity index (χ4v) is 3.80. The number of carbonyl (C=O) groups is 2. The van der Waals surface area contributed by atoms with Crippen molar-refractivity contribution in [2.24, 2.45) is 0 Å². The number of sulfonamides is 1. The van der Waals surface area contributed by atoms with Gasteiger partial charge in [-0.05, 0) is 24.6 Å². The molecule has 0 bridgehead atoms. The first-order valence-electron chi connectivity index (χ1n) is 7.37. The van der Waals surface area contributed by atoms with Gasteiger partial charge in [-0.1, -0.05) is 13.0 Å². The van der Waals surface area contributed by atoms with E-state index in [0.29, 0.717) is 17.1 Å². The summed E-state index contributed by atoms with van der Waals surface area (Å²) in [5, 5.41) is 13.3. The van der Waals surface area contributed by atoms with Gasteiger partial charge in [0, 0.05) is 16.6 Å². The van der Waals surface area contributed by atoms with Gasteiger partial charge < -0.3 is 10.4 Å². The van der Waals surface area contributed by atoms with E-state index in [1.165, 1.54) is 11.4 Å². The summed E-state index contributed by atoms with van der Waals surface area (Å²) in [7, 11) is -3.43. The Labute approximate surface area is 149 Å². The Hall–Kier alpha value is -2.46. The van der Waals surface area contributed by atoms with Crippen molar-refractivity contribution in [3.05, 3.63) is 45.9 Å². The minimum absolute atomic E-state index is 0.000613. The van der Waals surface area contributed by atoms with E-state index < -0.39 is 21.9 Å². The first-order chi connectivity index (χ1) is 11.8. The molecule has 1 aromatic carbocycles. The van der Waals surface area contributed by atoms with Crippen LogP contribution in [-0.2, 0) is 16.6 Å². The zero-order valence-electron chi connectivity index (χ0n) is 13.4. The molecule has 3 N–H and O–H groups in total. The van der Waals surface area contributed by atoms with Crippen molar-refractivity contribution in [3.63, 3.8) is 0 Å².